The van der Waals surface area contributed by atoms with Gasteiger partial charge in [0.05, 0.1) is 34.8 Å². The average molecular weight is 532 g/mol. The number of aromatic amines is 1. The van der Waals surface area contributed by atoms with Crippen LogP contribution in [-0.4, -0.2) is 63.3 Å². The number of anilines is 2. The van der Waals surface area contributed by atoms with E-state index in [9.17, 15) is 4.79 Å². The molecule has 38 heavy (non-hydrogen) atoms. The molecule has 0 bridgehead atoms. The zero-order valence-corrected chi connectivity index (χ0v) is 22.6. The highest BCUT2D eigenvalue weighted by atomic mass is 35.5. The number of piperazine rings is 1. The monoisotopic (exact) mass is 531 g/mol. The highest BCUT2D eigenvalue weighted by Gasteiger charge is 2.38. The first-order valence-corrected chi connectivity index (χ1v) is 13.3. The topological polar surface area (TPSA) is 108 Å². The first-order chi connectivity index (χ1) is 18.3. The Bertz CT molecular complexity index is 1560. The van der Waals surface area contributed by atoms with E-state index in [1.807, 2.05) is 36.9 Å². The Balaban J connectivity index is 1.62. The summed E-state index contributed by atoms with van der Waals surface area (Å²) < 4.78 is 6.35. The summed E-state index contributed by atoms with van der Waals surface area (Å²) in [7, 11) is 0. The van der Waals surface area contributed by atoms with E-state index in [-0.39, 0.29) is 17.9 Å². The van der Waals surface area contributed by atoms with Gasteiger partial charge in [0.25, 0.3) is 5.91 Å². The van der Waals surface area contributed by atoms with Gasteiger partial charge in [-0.3, -0.25) is 14.9 Å². The molecule has 0 radical (unpaired) electrons. The molecule has 0 unspecified atom stereocenters. The fraction of sp³-hybridized carbons (Fsp3) is 0.357. The lowest BCUT2D eigenvalue weighted by atomic mass is 9.99. The first-order valence-electron chi connectivity index (χ1n) is 12.9. The second-order valence-corrected chi connectivity index (χ2v) is 10.6. The van der Waals surface area contributed by atoms with E-state index in [0.29, 0.717) is 47.5 Å². The molecule has 196 valence electrons. The van der Waals surface area contributed by atoms with Crippen molar-refractivity contribution in [3.63, 3.8) is 0 Å². The minimum Gasteiger partial charge on any atom is -0.489 e. The van der Waals surface area contributed by atoms with E-state index in [0.717, 1.165) is 45.5 Å². The number of fused-ring (bicyclic) bond motifs is 3. The van der Waals surface area contributed by atoms with Crippen LogP contribution in [0.4, 0.5) is 11.5 Å². The molecule has 2 aliphatic rings. The Morgan fingerprint density at radius 3 is 2.84 bits per heavy atom. The van der Waals surface area contributed by atoms with Crippen molar-refractivity contribution in [1.82, 2.24) is 30.4 Å². The van der Waals surface area contributed by atoms with Crippen LogP contribution in [0.5, 0.6) is 5.75 Å². The summed E-state index contributed by atoms with van der Waals surface area (Å²) in [6, 6.07) is 5.84. The van der Waals surface area contributed by atoms with Crippen molar-refractivity contribution in [2.75, 3.05) is 31.6 Å². The normalized spacial score (nSPS) is 17.3. The number of nitrogens with one attached hydrogen (secondary N) is 3. The molecule has 1 atom stereocenters. The Hall–Kier alpha value is -3.69. The van der Waals surface area contributed by atoms with Crippen LogP contribution in [0.3, 0.4) is 0 Å². The van der Waals surface area contributed by atoms with Gasteiger partial charge in [-0.15, -0.1) is 0 Å². The van der Waals surface area contributed by atoms with E-state index in [2.05, 4.69) is 39.7 Å². The Morgan fingerprint density at radius 1 is 1.18 bits per heavy atom. The molecular formula is C28H30ClN7O2. The molecule has 4 aromatic rings. The lowest BCUT2D eigenvalue weighted by molar-refractivity contribution is 0.0607. The predicted octanol–water partition coefficient (Wildman–Crippen LogP) is 4.96. The average Bonchev–Trinajstić information content (AvgIpc) is 3.32. The van der Waals surface area contributed by atoms with Gasteiger partial charge in [-0.2, -0.15) is 5.10 Å². The molecule has 5 heterocycles. The van der Waals surface area contributed by atoms with Gasteiger partial charge >= 0.3 is 0 Å². The van der Waals surface area contributed by atoms with Crippen molar-refractivity contribution >= 4 is 39.9 Å². The lowest BCUT2D eigenvalue weighted by Crippen LogP contribution is -2.54. The van der Waals surface area contributed by atoms with Gasteiger partial charge in [0, 0.05) is 36.8 Å². The number of hydrogen-bond donors (Lipinski definition) is 3. The van der Waals surface area contributed by atoms with Crippen LogP contribution in [0, 0.1) is 13.8 Å². The third-order valence-electron chi connectivity index (χ3n) is 7.39. The van der Waals surface area contributed by atoms with Crippen LogP contribution in [0.1, 0.15) is 46.9 Å². The number of aromatic nitrogens is 4. The number of rotatable bonds is 4. The van der Waals surface area contributed by atoms with Crippen molar-refractivity contribution in [2.45, 2.75) is 39.7 Å². The second kappa shape index (κ2) is 9.56. The molecule has 1 amide bonds. The molecule has 3 N–H and O–H groups in total. The quantitative estimate of drug-likeness (QED) is 0.341. The maximum absolute atomic E-state index is 14.1. The van der Waals surface area contributed by atoms with Gasteiger partial charge < -0.3 is 20.3 Å². The number of amides is 1. The number of carbonyl (C=O) groups excluding carboxylic acids is 1. The lowest BCUT2D eigenvalue weighted by Gasteiger charge is -2.34. The summed E-state index contributed by atoms with van der Waals surface area (Å²) in [5.41, 5.74) is 6.32. The largest absolute Gasteiger partial charge is 0.489 e. The summed E-state index contributed by atoms with van der Waals surface area (Å²) in [5, 5.41) is 15.3. The van der Waals surface area contributed by atoms with Gasteiger partial charge in [0.15, 0.2) is 5.75 Å². The maximum Gasteiger partial charge on any atom is 0.261 e. The van der Waals surface area contributed by atoms with Crippen molar-refractivity contribution in [1.29, 1.82) is 0 Å². The van der Waals surface area contributed by atoms with E-state index < -0.39 is 0 Å². The van der Waals surface area contributed by atoms with Gasteiger partial charge in [0.1, 0.15) is 23.0 Å². The highest BCUT2D eigenvalue weighted by Crippen LogP contribution is 2.45. The smallest absolute Gasteiger partial charge is 0.261 e. The third kappa shape index (κ3) is 3.97. The molecule has 1 saturated heterocycles. The van der Waals surface area contributed by atoms with E-state index in [1.165, 1.54) is 0 Å². The number of benzene rings is 1. The number of pyridine rings is 2. The molecule has 3 aromatic heterocycles. The molecule has 10 heteroatoms. The van der Waals surface area contributed by atoms with Crippen molar-refractivity contribution in [2.24, 2.45) is 0 Å². The number of aryl methyl sites for hydroxylation is 2. The molecule has 0 saturated carbocycles. The zero-order valence-electron chi connectivity index (χ0n) is 21.9. The second-order valence-electron chi connectivity index (χ2n) is 10.3. The molecule has 0 aliphatic carbocycles. The standard InChI is InChI=1S/C28H30ClN7O2/c1-14(2)23-24(16(4)7-8-31-23)33-27-21-26(38-13-17-11-30-9-10-36(17)28(21)37)22(29)25(34-27)20-15(3)5-6-19-18(20)12-32-35-19/h5-8,12,14,17,30H,9-11,13H2,1-4H3,(H,32,35)(H,33,34)/t17-/m1/s1. The number of ether oxygens (including phenoxy) is 1. The van der Waals surface area contributed by atoms with E-state index >= 15 is 0 Å². The van der Waals surface area contributed by atoms with Crippen molar-refractivity contribution < 1.29 is 9.53 Å². The van der Waals surface area contributed by atoms with Crippen molar-refractivity contribution in [3.8, 4) is 17.0 Å². The van der Waals surface area contributed by atoms with Crippen LogP contribution in [0.25, 0.3) is 22.2 Å². The highest BCUT2D eigenvalue weighted by molar-refractivity contribution is 6.36. The molecule has 1 fully saturated rings. The number of nitrogens with zero attached hydrogens (tertiary/aromatic N) is 4. The van der Waals surface area contributed by atoms with Gasteiger partial charge in [0.2, 0.25) is 0 Å². The van der Waals surface area contributed by atoms with Crippen LogP contribution in [0.15, 0.2) is 30.6 Å². The predicted molar refractivity (Wildman–Crippen MR) is 149 cm³/mol. The number of carbonyl (C=O) groups is 1. The molecule has 0 spiro atoms. The van der Waals surface area contributed by atoms with Gasteiger partial charge in [-0.25, -0.2) is 4.98 Å². The maximum atomic E-state index is 14.1. The molecular weight excluding hydrogens is 502 g/mol. The molecule has 1 aromatic carbocycles. The molecule has 2 aliphatic heterocycles. The fourth-order valence-corrected chi connectivity index (χ4v) is 5.66. The number of H-pyrrole nitrogens is 1. The Kier molecular flexibility index (Phi) is 6.20. The van der Waals surface area contributed by atoms with Crippen LogP contribution in [0.2, 0.25) is 5.02 Å². The van der Waals surface area contributed by atoms with Crippen molar-refractivity contribution in [3.05, 3.63) is 58.0 Å². The zero-order chi connectivity index (χ0) is 26.6. The summed E-state index contributed by atoms with van der Waals surface area (Å²) in [6.45, 7) is 10.5. The van der Waals surface area contributed by atoms with Gasteiger partial charge in [-0.05, 0) is 43.0 Å². The fourth-order valence-electron chi connectivity index (χ4n) is 5.37. The third-order valence-corrected chi connectivity index (χ3v) is 7.74. The van der Waals surface area contributed by atoms with E-state index in [1.54, 1.807) is 12.4 Å². The number of halogens is 1. The summed E-state index contributed by atoms with van der Waals surface area (Å²) >= 11 is 7.08. The Labute approximate surface area is 226 Å². The summed E-state index contributed by atoms with van der Waals surface area (Å²) in [5.74, 6) is 0.778. The first kappa shape index (κ1) is 24.6. The van der Waals surface area contributed by atoms with Crippen LogP contribution in [-0.2, 0) is 0 Å². The minimum absolute atomic E-state index is 0.0959. The summed E-state index contributed by atoms with van der Waals surface area (Å²) in [6.07, 6.45) is 3.58. The molecule has 6 rings (SSSR count). The number of hydrogen-bond acceptors (Lipinski definition) is 7. The molecule has 9 nitrogen and oxygen atoms in total. The Morgan fingerprint density at radius 2 is 2.03 bits per heavy atom. The SMILES string of the molecule is Cc1ccnc(C(C)C)c1Nc1nc(-c2c(C)ccc3[nH]ncc23)c(Cl)c2c1C(=O)N1CCNC[C@@H]1CO2. The van der Waals surface area contributed by atoms with Crippen LogP contribution >= 0.6 is 11.6 Å². The summed E-state index contributed by atoms with van der Waals surface area (Å²) in [4.78, 5) is 25.6. The minimum atomic E-state index is -0.140. The van der Waals surface area contributed by atoms with E-state index in [4.69, 9.17) is 21.3 Å². The van der Waals surface area contributed by atoms with Crippen LogP contribution < -0.4 is 15.4 Å². The van der Waals surface area contributed by atoms with Gasteiger partial charge in [-0.1, -0.05) is 31.5 Å².